The van der Waals surface area contributed by atoms with Crippen molar-refractivity contribution < 1.29 is 22.7 Å². The fourth-order valence-corrected chi connectivity index (χ4v) is 3.69. The third-order valence-corrected chi connectivity index (χ3v) is 5.09. The Morgan fingerprint density at radius 3 is 2.71 bits per heavy atom. The average molecular weight is 338 g/mol. The van der Waals surface area contributed by atoms with Crippen molar-refractivity contribution in [1.82, 2.24) is 4.90 Å². The maximum atomic E-state index is 12.3. The predicted octanol–water partition coefficient (Wildman–Crippen LogP) is -0.744. The molecule has 1 saturated heterocycles. The highest BCUT2D eigenvalue weighted by Gasteiger charge is 2.35. The molecule has 1 amide bonds. The van der Waals surface area contributed by atoms with Crippen LogP contribution in [0.3, 0.4) is 0 Å². The molecule has 2 atom stereocenters. The van der Waals surface area contributed by atoms with Gasteiger partial charge in [0.2, 0.25) is 5.91 Å². The van der Waals surface area contributed by atoms with Crippen molar-refractivity contribution in [3.63, 3.8) is 0 Å². The SMILES string of the molecule is CCOC(=O)C1CSCCN1C(=O)C(N)CCS(C)(=O)=O. The van der Waals surface area contributed by atoms with Crippen molar-refractivity contribution in [1.29, 1.82) is 0 Å². The lowest BCUT2D eigenvalue weighted by molar-refractivity contribution is -0.154. The summed E-state index contributed by atoms with van der Waals surface area (Å²) in [5.41, 5.74) is 5.78. The molecule has 2 unspecified atom stereocenters. The van der Waals surface area contributed by atoms with Crippen LogP contribution in [0.4, 0.5) is 0 Å². The monoisotopic (exact) mass is 338 g/mol. The van der Waals surface area contributed by atoms with E-state index in [4.69, 9.17) is 10.5 Å². The zero-order chi connectivity index (χ0) is 16.0. The van der Waals surface area contributed by atoms with Crippen LogP contribution in [0, 0.1) is 0 Å². The molecule has 1 heterocycles. The Morgan fingerprint density at radius 1 is 1.48 bits per heavy atom. The molecule has 0 bridgehead atoms. The number of amides is 1. The number of ether oxygens (including phenoxy) is 1. The quantitative estimate of drug-likeness (QED) is 0.635. The first-order valence-electron chi connectivity index (χ1n) is 6.74. The van der Waals surface area contributed by atoms with Crippen molar-refractivity contribution in [2.24, 2.45) is 5.73 Å². The highest BCUT2D eigenvalue weighted by atomic mass is 32.2. The predicted molar refractivity (Wildman–Crippen MR) is 81.8 cm³/mol. The van der Waals surface area contributed by atoms with Crippen molar-refractivity contribution in [3.8, 4) is 0 Å². The number of nitrogens with zero attached hydrogens (tertiary/aromatic N) is 1. The Labute approximate surface area is 129 Å². The second-order valence-corrected chi connectivity index (χ2v) is 8.31. The number of sulfone groups is 1. The maximum Gasteiger partial charge on any atom is 0.329 e. The van der Waals surface area contributed by atoms with Gasteiger partial charge in [-0.2, -0.15) is 11.8 Å². The van der Waals surface area contributed by atoms with Crippen LogP contribution in [0.5, 0.6) is 0 Å². The maximum absolute atomic E-state index is 12.3. The third kappa shape index (κ3) is 5.84. The van der Waals surface area contributed by atoms with Crippen LogP contribution < -0.4 is 5.73 Å². The smallest absolute Gasteiger partial charge is 0.329 e. The molecule has 1 aliphatic heterocycles. The zero-order valence-electron chi connectivity index (χ0n) is 12.3. The molecule has 1 fully saturated rings. The number of thioether (sulfide) groups is 1. The molecule has 0 aromatic rings. The normalized spacial score (nSPS) is 20.9. The fraction of sp³-hybridized carbons (Fsp3) is 0.833. The molecular weight excluding hydrogens is 316 g/mol. The van der Waals surface area contributed by atoms with Gasteiger partial charge in [0.15, 0.2) is 0 Å². The Morgan fingerprint density at radius 2 is 2.14 bits per heavy atom. The van der Waals surface area contributed by atoms with Crippen LogP contribution in [-0.4, -0.2) is 73.9 Å². The van der Waals surface area contributed by atoms with E-state index in [-0.39, 0.29) is 18.8 Å². The van der Waals surface area contributed by atoms with Crippen molar-refractivity contribution >= 4 is 33.5 Å². The van der Waals surface area contributed by atoms with Crippen molar-refractivity contribution in [2.45, 2.75) is 25.4 Å². The van der Waals surface area contributed by atoms with Gasteiger partial charge < -0.3 is 15.4 Å². The molecule has 0 radical (unpaired) electrons. The van der Waals surface area contributed by atoms with Gasteiger partial charge in [-0.3, -0.25) is 4.79 Å². The van der Waals surface area contributed by atoms with Crippen LogP contribution in [0.15, 0.2) is 0 Å². The summed E-state index contributed by atoms with van der Waals surface area (Å²) in [6.07, 6.45) is 1.15. The second kappa shape index (κ2) is 8.00. The van der Waals surface area contributed by atoms with E-state index in [1.165, 1.54) is 4.90 Å². The molecule has 7 nitrogen and oxygen atoms in total. The van der Waals surface area contributed by atoms with Gasteiger partial charge in [-0.05, 0) is 13.3 Å². The number of hydrogen-bond donors (Lipinski definition) is 1. The molecule has 1 rings (SSSR count). The molecule has 1 aliphatic rings. The van der Waals surface area contributed by atoms with Crippen LogP contribution in [-0.2, 0) is 24.2 Å². The number of rotatable bonds is 6. The number of nitrogens with two attached hydrogens (primary N) is 1. The summed E-state index contributed by atoms with van der Waals surface area (Å²) in [6, 6.07) is -1.56. The fourth-order valence-electron chi connectivity index (χ4n) is 1.98. The van der Waals surface area contributed by atoms with Crippen LogP contribution in [0.25, 0.3) is 0 Å². The van der Waals surface area contributed by atoms with Crippen LogP contribution >= 0.6 is 11.8 Å². The average Bonchev–Trinajstić information content (AvgIpc) is 2.43. The first kappa shape index (κ1) is 18.2. The van der Waals surface area contributed by atoms with Crippen molar-refractivity contribution in [2.75, 3.05) is 36.7 Å². The Bertz CT molecular complexity index is 480. The van der Waals surface area contributed by atoms with E-state index < -0.39 is 33.8 Å². The second-order valence-electron chi connectivity index (χ2n) is 4.90. The minimum absolute atomic E-state index is 0.0524. The lowest BCUT2D eigenvalue weighted by Crippen LogP contribution is -2.55. The standard InChI is InChI=1S/C12H22N2O5S2/c1-3-19-12(16)10-8-20-6-5-14(10)11(15)9(13)4-7-21(2,17)18/h9-10H,3-8,13H2,1-2H3. The minimum atomic E-state index is -3.17. The van der Waals surface area contributed by atoms with E-state index in [9.17, 15) is 18.0 Å². The molecule has 0 saturated carbocycles. The first-order chi connectivity index (χ1) is 9.76. The highest BCUT2D eigenvalue weighted by Crippen LogP contribution is 2.19. The molecule has 21 heavy (non-hydrogen) atoms. The summed E-state index contributed by atoms with van der Waals surface area (Å²) < 4.78 is 27.2. The summed E-state index contributed by atoms with van der Waals surface area (Å²) in [7, 11) is -3.17. The molecule has 2 N–H and O–H groups in total. The molecule has 0 aliphatic carbocycles. The van der Waals surface area contributed by atoms with Gasteiger partial charge in [0.05, 0.1) is 18.4 Å². The van der Waals surface area contributed by atoms with Crippen LogP contribution in [0.1, 0.15) is 13.3 Å². The first-order valence-corrected chi connectivity index (χ1v) is 9.96. The van der Waals surface area contributed by atoms with E-state index in [0.29, 0.717) is 12.3 Å². The number of esters is 1. The lowest BCUT2D eigenvalue weighted by atomic mass is 10.1. The summed E-state index contributed by atoms with van der Waals surface area (Å²) in [4.78, 5) is 25.6. The van der Waals surface area contributed by atoms with E-state index in [1.807, 2.05) is 0 Å². The molecule has 122 valence electrons. The number of hydrogen-bond acceptors (Lipinski definition) is 7. The Balaban J connectivity index is 2.70. The molecule has 0 aromatic heterocycles. The lowest BCUT2D eigenvalue weighted by Gasteiger charge is -2.35. The summed E-state index contributed by atoms with van der Waals surface area (Å²) in [5.74, 6) is 0.224. The van der Waals surface area contributed by atoms with Gasteiger partial charge in [-0.15, -0.1) is 0 Å². The van der Waals surface area contributed by atoms with Gasteiger partial charge in [-0.25, -0.2) is 13.2 Å². The summed E-state index contributed by atoms with van der Waals surface area (Å²) >= 11 is 1.58. The van der Waals surface area contributed by atoms with Gasteiger partial charge in [0.25, 0.3) is 0 Å². The summed E-state index contributed by atoms with van der Waals surface area (Å²) in [6.45, 7) is 2.37. The summed E-state index contributed by atoms with van der Waals surface area (Å²) in [5, 5.41) is 0. The molecular formula is C12H22N2O5S2. The van der Waals surface area contributed by atoms with Gasteiger partial charge in [-0.1, -0.05) is 0 Å². The third-order valence-electron chi connectivity index (χ3n) is 3.09. The van der Waals surface area contributed by atoms with Gasteiger partial charge >= 0.3 is 5.97 Å². The van der Waals surface area contributed by atoms with Gasteiger partial charge in [0.1, 0.15) is 15.9 Å². The largest absolute Gasteiger partial charge is 0.464 e. The van der Waals surface area contributed by atoms with E-state index in [0.717, 1.165) is 12.0 Å². The van der Waals surface area contributed by atoms with Crippen LogP contribution in [0.2, 0.25) is 0 Å². The van der Waals surface area contributed by atoms with E-state index >= 15 is 0 Å². The van der Waals surface area contributed by atoms with Crippen molar-refractivity contribution in [3.05, 3.63) is 0 Å². The molecule has 0 aromatic carbocycles. The Hall–Kier alpha value is -0.800. The highest BCUT2D eigenvalue weighted by molar-refractivity contribution is 7.99. The Kier molecular flexibility index (Phi) is 6.95. The molecule has 9 heteroatoms. The van der Waals surface area contributed by atoms with E-state index in [2.05, 4.69) is 0 Å². The number of carbonyl (C=O) groups excluding carboxylic acids is 2. The van der Waals surface area contributed by atoms with E-state index in [1.54, 1.807) is 18.7 Å². The van der Waals surface area contributed by atoms with Gasteiger partial charge in [0, 0.05) is 24.3 Å². The number of carbonyl (C=O) groups is 2. The zero-order valence-corrected chi connectivity index (χ0v) is 13.9. The topological polar surface area (TPSA) is 107 Å². The molecule has 0 spiro atoms. The minimum Gasteiger partial charge on any atom is -0.464 e.